The highest BCUT2D eigenvalue weighted by Crippen LogP contribution is 2.41. The zero-order chi connectivity index (χ0) is 20.7. The maximum absolute atomic E-state index is 13.2. The number of nitrogens with zero attached hydrogens (tertiary/aromatic N) is 3. The molecule has 0 aliphatic carbocycles. The van der Waals surface area contributed by atoms with Gasteiger partial charge in [0.25, 0.3) is 0 Å². The highest BCUT2D eigenvalue weighted by molar-refractivity contribution is 7.90. The third-order valence-electron chi connectivity index (χ3n) is 4.48. The predicted octanol–water partition coefficient (Wildman–Crippen LogP) is 4.24. The molecule has 0 saturated carbocycles. The molecular formula is C19H19F3N3O2S+. The summed E-state index contributed by atoms with van der Waals surface area (Å²) >= 11 is 0. The first-order chi connectivity index (χ1) is 12.9. The van der Waals surface area contributed by atoms with Crippen molar-refractivity contribution in [1.29, 1.82) is 0 Å². The van der Waals surface area contributed by atoms with E-state index in [0.29, 0.717) is 11.4 Å². The molecule has 1 heterocycles. The number of quaternary nitrogens is 1. The van der Waals surface area contributed by atoms with Crippen molar-refractivity contribution in [3.63, 3.8) is 0 Å². The first-order valence-electron chi connectivity index (χ1n) is 8.26. The van der Waals surface area contributed by atoms with Crippen molar-refractivity contribution in [2.24, 2.45) is 4.99 Å². The molecule has 0 amide bonds. The molecule has 0 saturated heterocycles. The quantitative estimate of drug-likeness (QED) is 0.709. The van der Waals surface area contributed by atoms with Crippen LogP contribution < -0.4 is 9.38 Å². The minimum atomic E-state index is -4.59. The summed E-state index contributed by atoms with van der Waals surface area (Å²) in [6.07, 6.45) is -1.30. The molecule has 1 unspecified atom stereocenters. The number of allylic oxidation sites excluding steroid dienone is 1. The van der Waals surface area contributed by atoms with E-state index >= 15 is 0 Å². The molecule has 2 aromatic rings. The van der Waals surface area contributed by atoms with Crippen LogP contribution in [0.1, 0.15) is 0 Å². The first-order valence-corrected chi connectivity index (χ1v) is 10.1. The summed E-state index contributed by atoms with van der Waals surface area (Å²) < 4.78 is 62.8. The number of sulfone groups is 1. The van der Waals surface area contributed by atoms with Gasteiger partial charge < -0.3 is 4.90 Å². The van der Waals surface area contributed by atoms with Gasteiger partial charge in [0.1, 0.15) is 17.6 Å². The van der Waals surface area contributed by atoms with Crippen molar-refractivity contribution in [3.05, 3.63) is 60.4 Å². The van der Waals surface area contributed by atoms with Gasteiger partial charge in [0.2, 0.25) is 12.0 Å². The number of hydrogen-bond donors (Lipinski definition) is 0. The molecule has 28 heavy (non-hydrogen) atoms. The van der Waals surface area contributed by atoms with Crippen molar-refractivity contribution < 1.29 is 21.6 Å². The molecule has 1 aliphatic rings. The Balaban J connectivity index is 2.17. The van der Waals surface area contributed by atoms with Crippen LogP contribution in [-0.2, 0) is 9.84 Å². The third-order valence-corrected chi connectivity index (χ3v) is 5.61. The lowest BCUT2D eigenvalue weighted by atomic mass is 10.2. The summed E-state index contributed by atoms with van der Waals surface area (Å²) in [5.41, 5.74) is 0.871. The average molecular weight is 410 g/mol. The first kappa shape index (κ1) is 20.1. The van der Waals surface area contributed by atoms with Gasteiger partial charge in [-0.2, -0.15) is 22.6 Å². The Hall–Kier alpha value is -2.65. The summed E-state index contributed by atoms with van der Waals surface area (Å²) in [4.78, 5) is 5.57. The zero-order valence-electron chi connectivity index (χ0n) is 15.5. The molecular weight excluding hydrogens is 391 g/mol. The predicted molar refractivity (Wildman–Crippen MR) is 104 cm³/mol. The summed E-state index contributed by atoms with van der Waals surface area (Å²) in [5, 5.41) is 0. The molecule has 2 aromatic carbocycles. The topological polar surface area (TPSA) is 49.7 Å². The van der Waals surface area contributed by atoms with Gasteiger partial charge in [0.15, 0.2) is 9.84 Å². The number of anilines is 1. The van der Waals surface area contributed by atoms with Crippen LogP contribution in [0.5, 0.6) is 0 Å². The molecule has 0 aromatic heterocycles. The summed E-state index contributed by atoms with van der Waals surface area (Å²) in [6.45, 7) is 0. The highest BCUT2D eigenvalue weighted by atomic mass is 32.2. The van der Waals surface area contributed by atoms with Crippen LogP contribution in [-0.4, -0.2) is 41.3 Å². The van der Waals surface area contributed by atoms with Gasteiger partial charge >= 0.3 is 6.18 Å². The minimum absolute atomic E-state index is 0.0912. The molecule has 0 spiro atoms. The number of aliphatic imine (C=N–C) groups is 1. The fourth-order valence-corrected chi connectivity index (χ4v) is 3.56. The van der Waals surface area contributed by atoms with Crippen LogP contribution in [0, 0.1) is 0 Å². The smallest absolute Gasteiger partial charge is 0.378 e. The molecule has 0 bridgehead atoms. The fraction of sp³-hybridized carbons (Fsp3) is 0.211. The third kappa shape index (κ3) is 3.67. The molecule has 1 atom stereocenters. The number of benzene rings is 2. The Labute approximate surface area is 161 Å². The maximum atomic E-state index is 13.2. The van der Waals surface area contributed by atoms with E-state index in [4.69, 9.17) is 0 Å². The Morgan fingerprint density at radius 2 is 1.43 bits per heavy atom. The van der Waals surface area contributed by atoms with E-state index in [9.17, 15) is 21.6 Å². The Bertz CT molecular complexity index is 1040. The van der Waals surface area contributed by atoms with E-state index in [1.807, 2.05) is 19.0 Å². The van der Waals surface area contributed by atoms with Crippen LogP contribution in [0.25, 0.3) is 0 Å². The second kappa shape index (κ2) is 6.75. The molecule has 148 valence electrons. The van der Waals surface area contributed by atoms with E-state index in [2.05, 4.69) is 4.99 Å². The second-order valence-corrected chi connectivity index (χ2v) is 8.73. The SMILES string of the molecule is CN(C)c1ccc([N+]2(c3ccc(S(C)(=O)=O)cc3)C=NC(C(F)(F)F)=C2)cc1. The van der Waals surface area contributed by atoms with Crippen LogP contribution in [0.2, 0.25) is 0 Å². The lowest BCUT2D eigenvalue weighted by molar-refractivity contribution is -0.0923. The Morgan fingerprint density at radius 1 is 0.929 bits per heavy atom. The van der Waals surface area contributed by atoms with Gasteiger partial charge in [0.05, 0.1) is 4.90 Å². The van der Waals surface area contributed by atoms with Gasteiger partial charge in [-0.1, -0.05) is 0 Å². The lowest BCUT2D eigenvalue weighted by Crippen LogP contribution is -2.35. The number of halogens is 3. The van der Waals surface area contributed by atoms with Crippen molar-refractivity contribution in [2.75, 3.05) is 25.3 Å². The Morgan fingerprint density at radius 3 is 1.82 bits per heavy atom. The van der Waals surface area contributed by atoms with Gasteiger partial charge in [-0.15, -0.1) is 0 Å². The van der Waals surface area contributed by atoms with Crippen LogP contribution in [0.15, 0.2) is 70.3 Å². The monoisotopic (exact) mass is 410 g/mol. The normalized spacial score (nSPS) is 19.6. The van der Waals surface area contributed by atoms with Crippen molar-refractivity contribution in [2.45, 2.75) is 11.1 Å². The van der Waals surface area contributed by atoms with E-state index in [1.165, 1.54) is 30.6 Å². The van der Waals surface area contributed by atoms with Crippen LogP contribution in [0.4, 0.5) is 30.2 Å². The van der Waals surface area contributed by atoms with E-state index < -0.39 is 26.2 Å². The molecule has 1 aliphatic heterocycles. The summed E-state index contributed by atoms with van der Waals surface area (Å²) in [7, 11) is 0.308. The average Bonchev–Trinajstić information content (AvgIpc) is 3.08. The molecule has 9 heteroatoms. The highest BCUT2D eigenvalue weighted by Gasteiger charge is 2.45. The zero-order valence-corrected chi connectivity index (χ0v) is 16.3. The maximum Gasteiger partial charge on any atom is 0.438 e. The second-order valence-electron chi connectivity index (χ2n) is 6.71. The molecule has 5 nitrogen and oxygen atoms in total. The van der Waals surface area contributed by atoms with E-state index in [0.717, 1.165) is 18.1 Å². The van der Waals surface area contributed by atoms with Gasteiger partial charge in [-0.05, 0) is 24.3 Å². The minimum Gasteiger partial charge on any atom is -0.378 e. The molecule has 0 radical (unpaired) electrons. The number of alkyl halides is 3. The number of rotatable bonds is 4. The van der Waals surface area contributed by atoms with Crippen molar-refractivity contribution in [1.82, 2.24) is 4.48 Å². The van der Waals surface area contributed by atoms with Crippen LogP contribution in [0.3, 0.4) is 0 Å². The molecule has 0 fully saturated rings. The van der Waals surface area contributed by atoms with Crippen LogP contribution >= 0.6 is 0 Å². The van der Waals surface area contributed by atoms with Crippen molar-refractivity contribution >= 4 is 33.2 Å². The number of hydrogen-bond acceptors (Lipinski definition) is 4. The standard InChI is InChI=1S/C19H19F3N3O2S/c1-24(2)14-4-6-15(7-5-14)25(12-18(23-13-25)19(20,21)22)16-8-10-17(11-9-16)28(3,26)27/h4-13H,1-3H3/q+1. The van der Waals surface area contributed by atoms with E-state index in [-0.39, 0.29) is 4.90 Å². The largest absolute Gasteiger partial charge is 0.438 e. The van der Waals surface area contributed by atoms with Gasteiger partial charge in [-0.3, -0.25) is 0 Å². The van der Waals surface area contributed by atoms with Crippen molar-refractivity contribution in [3.8, 4) is 0 Å². The lowest BCUT2D eigenvalue weighted by Gasteiger charge is -2.27. The summed E-state index contributed by atoms with van der Waals surface area (Å²) in [6, 6.07) is 12.8. The molecule has 3 rings (SSSR count). The molecule has 0 N–H and O–H groups in total. The van der Waals surface area contributed by atoms with Gasteiger partial charge in [0, 0.05) is 50.3 Å². The van der Waals surface area contributed by atoms with E-state index in [1.54, 1.807) is 24.3 Å². The fourth-order valence-electron chi connectivity index (χ4n) is 2.93. The van der Waals surface area contributed by atoms with Gasteiger partial charge in [-0.25, -0.2) is 8.42 Å². The summed E-state index contributed by atoms with van der Waals surface area (Å²) in [5.74, 6) is 0. The Kier molecular flexibility index (Phi) is 4.84.